The molecule has 102 valence electrons. The van der Waals surface area contributed by atoms with Gasteiger partial charge in [0.25, 0.3) is 0 Å². The Hall–Kier alpha value is -0.620. The van der Waals surface area contributed by atoms with E-state index in [1.165, 1.54) is 6.26 Å². The number of carbonyl (C=O) groups is 1. The molecule has 0 aliphatic heterocycles. The van der Waals surface area contributed by atoms with Crippen LogP contribution in [0, 0.1) is 0 Å². The number of hydrogen-bond acceptors (Lipinski definition) is 4. The largest absolute Gasteiger partial charge is 0.350 e. The monoisotopic (exact) mass is 264 g/mol. The summed E-state index contributed by atoms with van der Waals surface area (Å²) in [6.07, 6.45) is 3.05. The second-order valence-corrected chi connectivity index (χ2v) is 7.41. The van der Waals surface area contributed by atoms with E-state index >= 15 is 0 Å². The number of nitrogens with two attached hydrogens (primary N) is 1. The van der Waals surface area contributed by atoms with E-state index in [-0.39, 0.29) is 11.7 Å². The number of carbonyl (C=O) groups excluding carboxylic acids is 1. The van der Waals surface area contributed by atoms with E-state index in [1.807, 2.05) is 6.92 Å². The molecular weight excluding hydrogens is 240 g/mol. The fraction of sp³-hybridized carbons (Fsp3) is 0.909. The zero-order valence-electron chi connectivity index (χ0n) is 11.1. The van der Waals surface area contributed by atoms with Gasteiger partial charge in [0.05, 0.1) is 11.8 Å². The molecule has 1 atom stereocenters. The lowest BCUT2D eigenvalue weighted by Crippen LogP contribution is -2.51. The summed E-state index contributed by atoms with van der Waals surface area (Å²) in [5.41, 5.74) is 5.14. The first-order valence-electron chi connectivity index (χ1n) is 5.83. The summed E-state index contributed by atoms with van der Waals surface area (Å²) in [5.74, 6) is -0.158. The van der Waals surface area contributed by atoms with Crippen LogP contribution in [0.4, 0.5) is 0 Å². The van der Waals surface area contributed by atoms with E-state index in [0.29, 0.717) is 12.8 Å². The zero-order valence-corrected chi connectivity index (χ0v) is 11.9. The molecule has 0 saturated carbocycles. The van der Waals surface area contributed by atoms with Gasteiger partial charge in [-0.1, -0.05) is 13.3 Å². The number of sulfone groups is 1. The van der Waals surface area contributed by atoms with Crippen LogP contribution in [0.25, 0.3) is 0 Å². The van der Waals surface area contributed by atoms with E-state index in [4.69, 9.17) is 5.73 Å². The van der Waals surface area contributed by atoms with E-state index in [9.17, 15) is 13.2 Å². The Labute approximate surface area is 104 Å². The lowest BCUT2D eigenvalue weighted by atomic mass is 10.0. The third-order valence-electron chi connectivity index (χ3n) is 2.50. The van der Waals surface area contributed by atoms with Gasteiger partial charge in [-0.15, -0.1) is 0 Å². The molecule has 0 heterocycles. The van der Waals surface area contributed by atoms with Crippen LogP contribution in [0.15, 0.2) is 0 Å². The first-order chi connectivity index (χ1) is 7.57. The fourth-order valence-electron chi connectivity index (χ4n) is 1.37. The highest BCUT2D eigenvalue weighted by Gasteiger charge is 2.24. The maximum atomic E-state index is 11.7. The standard InChI is InChI=1S/C11H24N2O3S/c1-5-6-9(12)10(14)13-11(2,3)7-8-17(4,15)16/h9H,5-8,12H2,1-4H3,(H,13,14). The third kappa shape index (κ3) is 8.15. The summed E-state index contributed by atoms with van der Waals surface area (Å²) in [7, 11) is -3.01. The number of rotatable bonds is 7. The normalized spacial score (nSPS) is 14.4. The minimum Gasteiger partial charge on any atom is -0.350 e. The predicted molar refractivity (Wildman–Crippen MR) is 69.4 cm³/mol. The van der Waals surface area contributed by atoms with Crippen LogP contribution >= 0.6 is 0 Å². The summed E-state index contributed by atoms with van der Waals surface area (Å²) in [5, 5.41) is 2.79. The highest BCUT2D eigenvalue weighted by atomic mass is 32.2. The molecule has 5 nitrogen and oxygen atoms in total. The molecule has 0 fully saturated rings. The second-order valence-electron chi connectivity index (χ2n) is 5.15. The van der Waals surface area contributed by atoms with Gasteiger partial charge >= 0.3 is 0 Å². The topological polar surface area (TPSA) is 89.3 Å². The van der Waals surface area contributed by atoms with Crippen molar-refractivity contribution < 1.29 is 13.2 Å². The van der Waals surface area contributed by atoms with E-state index in [2.05, 4.69) is 5.32 Å². The molecule has 0 aliphatic carbocycles. The molecular formula is C11H24N2O3S. The van der Waals surface area contributed by atoms with Gasteiger partial charge in [-0.2, -0.15) is 0 Å². The molecule has 0 radical (unpaired) electrons. The molecule has 0 spiro atoms. The molecule has 0 bridgehead atoms. The van der Waals surface area contributed by atoms with Crippen molar-refractivity contribution in [3.8, 4) is 0 Å². The van der Waals surface area contributed by atoms with Gasteiger partial charge in [-0.05, 0) is 26.7 Å². The molecule has 0 saturated heterocycles. The number of hydrogen-bond donors (Lipinski definition) is 2. The summed E-state index contributed by atoms with van der Waals surface area (Å²) >= 11 is 0. The summed E-state index contributed by atoms with van der Waals surface area (Å²) < 4.78 is 22.1. The zero-order chi connectivity index (χ0) is 13.7. The highest BCUT2D eigenvalue weighted by Crippen LogP contribution is 2.10. The van der Waals surface area contributed by atoms with Crippen LogP contribution in [0.3, 0.4) is 0 Å². The van der Waals surface area contributed by atoms with Crippen LogP contribution in [-0.4, -0.2) is 37.9 Å². The van der Waals surface area contributed by atoms with Crippen LogP contribution < -0.4 is 11.1 Å². The lowest BCUT2D eigenvalue weighted by molar-refractivity contribution is -0.124. The Morgan fingerprint density at radius 3 is 2.35 bits per heavy atom. The maximum Gasteiger partial charge on any atom is 0.237 e. The van der Waals surface area contributed by atoms with Crippen molar-refractivity contribution >= 4 is 15.7 Å². The van der Waals surface area contributed by atoms with Crippen molar-refractivity contribution in [3.05, 3.63) is 0 Å². The second kappa shape index (κ2) is 6.35. The minimum atomic E-state index is -3.01. The van der Waals surface area contributed by atoms with E-state index < -0.39 is 21.4 Å². The fourth-order valence-corrected chi connectivity index (χ4v) is 2.25. The molecule has 0 aliphatic rings. The van der Waals surface area contributed by atoms with Gasteiger partial charge in [-0.25, -0.2) is 8.42 Å². The SMILES string of the molecule is CCCC(N)C(=O)NC(C)(C)CCS(C)(=O)=O. The van der Waals surface area contributed by atoms with Crippen molar-refractivity contribution in [3.63, 3.8) is 0 Å². The van der Waals surface area contributed by atoms with Gasteiger partial charge < -0.3 is 11.1 Å². The van der Waals surface area contributed by atoms with E-state index in [1.54, 1.807) is 13.8 Å². The lowest BCUT2D eigenvalue weighted by Gasteiger charge is -2.27. The quantitative estimate of drug-likeness (QED) is 0.698. The van der Waals surface area contributed by atoms with Crippen molar-refractivity contribution in [1.29, 1.82) is 0 Å². The first-order valence-corrected chi connectivity index (χ1v) is 7.89. The van der Waals surface area contributed by atoms with Crippen LogP contribution in [0.2, 0.25) is 0 Å². The molecule has 1 amide bonds. The molecule has 0 rings (SSSR count). The number of amides is 1. The maximum absolute atomic E-state index is 11.7. The predicted octanol–water partition coefficient (Wildman–Crippen LogP) is 0.443. The smallest absolute Gasteiger partial charge is 0.237 e. The number of nitrogens with one attached hydrogen (secondary N) is 1. The summed E-state index contributed by atoms with van der Waals surface area (Å²) in [6.45, 7) is 5.56. The van der Waals surface area contributed by atoms with Crippen molar-refractivity contribution in [1.82, 2.24) is 5.32 Å². The van der Waals surface area contributed by atoms with E-state index in [0.717, 1.165) is 6.42 Å². The molecule has 6 heteroatoms. The Morgan fingerprint density at radius 2 is 1.94 bits per heavy atom. The minimum absolute atomic E-state index is 0.0588. The van der Waals surface area contributed by atoms with Gasteiger partial charge in [-0.3, -0.25) is 4.79 Å². The average molecular weight is 264 g/mol. The van der Waals surface area contributed by atoms with Gasteiger partial charge in [0, 0.05) is 11.8 Å². The van der Waals surface area contributed by atoms with Crippen LogP contribution in [0.1, 0.15) is 40.0 Å². The third-order valence-corrected chi connectivity index (χ3v) is 3.44. The Balaban J connectivity index is 4.29. The van der Waals surface area contributed by atoms with Crippen molar-refractivity contribution in [2.24, 2.45) is 5.73 Å². The molecule has 0 aromatic rings. The molecule has 17 heavy (non-hydrogen) atoms. The van der Waals surface area contributed by atoms with Gasteiger partial charge in [0.2, 0.25) is 5.91 Å². The molecule has 0 aromatic carbocycles. The van der Waals surface area contributed by atoms with Crippen LogP contribution in [0.5, 0.6) is 0 Å². The van der Waals surface area contributed by atoms with Crippen LogP contribution in [-0.2, 0) is 14.6 Å². The Morgan fingerprint density at radius 1 is 1.41 bits per heavy atom. The molecule has 0 aromatic heterocycles. The van der Waals surface area contributed by atoms with Gasteiger partial charge in [0.15, 0.2) is 0 Å². The summed E-state index contributed by atoms with van der Waals surface area (Å²) in [6, 6.07) is -0.516. The average Bonchev–Trinajstić information content (AvgIpc) is 2.14. The molecule has 3 N–H and O–H groups in total. The first kappa shape index (κ1) is 16.4. The van der Waals surface area contributed by atoms with Crippen molar-refractivity contribution in [2.75, 3.05) is 12.0 Å². The Kier molecular flexibility index (Phi) is 6.12. The molecule has 1 unspecified atom stereocenters. The van der Waals surface area contributed by atoms with Gasteiger partial charge in [0.1, 0.15) is 9.84 Å². The summed E-state index contributed by atoms with van der Waals surface area (Å²) in [4.78, 5) is 11.7. The highest BCUT2D eigenvalue weighted by molar-refractivity contribution is 7.90. The Bertz CT molecular complexity index is 350. The van der Waals surface area contributed by atoms with Crippen molar-refractivity contribution in [2.45, 2.75) is 51.6 Å².